The quantitative estimate of drug-likeness (QED) is 0.807. The number of benzene rings is 1. The van der Waals surface area contributed by atoms with E-state index in [2.05, 4.69) is 15.5 Å². The number of anilines is 1. The van der Waals surface area contributed by atoms with Gasteiger partial charge in [-0.15, -0.1) is 0 Å². The molecule has 4 nitrogen and oxygen atoms in total. The van der Waals surface area contributed by atoms with Gasteiger partial charge in [-0.2, -0.15) is 5.10 Å². The maximum atomic E-state index is 11.9. The van der Waals surface area contributed by atoms with Crippen LogP contribution in [0.3, 0.4) is 0 Å². The van der Waals surface area contributed by atoms with E-state index in [1.165, 1.54) is 0 Å². The zero-order valence-corrected chi connectivity index (χ0v) is 9.24. The predicted octanol–water partition coefficient (Wildman–Crippen LogP) is 2.28. The van der Waals surface area contributed by atoms with E-state index in [-0.39, 0.29) is 5.91 Å². The number of H-pyrrole nitrogens is 1. The van der Waals surface area contributed by atoms with Gasteiger partial charge in [-0.3, -0.25) is 9.89 Å². The Hall–Kier alpha value is -2.10. The van der Waals surface area contributed by atoms with Crippen LogP contribution in [0.1, 0.15) is 21.5 Å². The summed E-state index contributed by atoms with van der Waals surface area (Å²) in [5.74, 6) is 0.478. The molecule has 1 heterocycles. The SMILES string of the molecule is Cc1ccc(C(=O)Nc2ccn[nH]2)c(C)c1. The molecule has 0 aliphatic carbocycles. The fraction of sp³-hybridized carbons (Fsp3) is 0.167. The average molecular weight is 215 g/mol. The number of hydrogen-bond acceptors (Lipinski definition) is 2. The lowest BCUT2D eigenvalue weighted by Gasteiger charge is -2.06. The highest BCUT2D eigenvalue weighted by Crippen LogP contribution is 2.12. The summed E-state index contributed by atoms with van der Waals surface area (Å²) in [6, 6.07) is 7.45. The number of nitrogens with one attached hydrogen (secondary N) is 2. The minimum atomic E-state index is -0.123. The molecule has 82 valence electrons. The molecule has 0 fully saturated rings. The van der Waals surface area contributed by atoms with Crippen LogP contribution in [0.5, 0.6) is 0 Å². The Morgan fingerprint density at radius 3 is 2.75 bits per heavy atom. The molecular formula is C12H13N3O. The molecule has 0 saturated heterocycles. The second-order valence-electron chi connectivity index (χ2n) is 3.74. The smallest absolute Gasteiger partial charge is 0.257 e. The number of carbonyl (C=O) groups is 1. The van der Waals surface area contributed by atoms with Crippen LogP contribution >= 0.6 is 0 Å². The van der Waals surface area contributed by atoms with Crippen LogP contribution < -0.4 is 5.32 Å². The van der Waals surface area contributed by atoms with E-state index in [4.69, 9.17) is 0 Å². The molecule has 0 spiro atoms. The van der Waals surface area contributed by atoms with Crippen molar-refractivity contribution in [1.29, 1.82) is 0 Å². The molecule has 0 aliphatic rings. The maximum Gasteiger partial charge on any atom is 0.257 e. The van der Waals surface area contributed by atoms with Crippen molar-refractivity contribution in [2.24, 2.45) is 0 Å². The highest BCUT2D eigenvalue weighted by Gasteiger charge is 2.09. The summed E-state index contributed by atoms with van der Waals surface area (Å²) < 4.78 is 0. The molecule has 1 aromatic carbocycles. The van der Waals surface area contributed by atoms with Crippen LogP contribution in [0.2, 0.25) is 0 Å². The molecule has 1 aromatic heterocycles. The van der Waals surface area contributed by atoms with Gasteiger partial charge in [-0.05, 0) is 25.5 Å². The minimum Gasteiger partial charge on any atom is -0.307 e. The topological polar surface area (TPSA) is 57.8 Å². The number of amides is 1. The van der Waals surface area contributed by atoms with Crippen LogP contribution in [0, 0.1) is 13.8 Å². The molecule has 2 rings (SSSR count). The third-order valence-corrected chi connectivity index (χ3v) is 2.38. The van der Waals surface area contributed by atoms with Crippen molar-refractivity contribution >= 4 is 11.7 Å². The number of aryl methyl sites for hydroxylation is 2. The number of rotatable bonds is 2. The van der Waals surface area contributed by atoms with Crippen LogP contribution in [0.4, 0.5) is 5.82 Å². The van der Waals surface area contributed by atoms with Gasteiger partial charge in [0.05, 0.1) is 6.20 Å². The lowest BCUT2D eigenvalue weighted by Crippen LogP contribution is -2.13. The molecule has 2 aromatic rings. The van der Waals surface area contributed by atoms with Crippen molar-refractivity contribution in [3.8, 4) is 0 Å². The van der Waals surface area contributed by atoms with Crippen molar-refractivity contribution in [2.75, 3.05) is 5.32 Å². The summed E-state index contributed by atoms with van der Waals surface area (Å²) in [5, 5.41) is 9.19. The molecule has 0 saturated carbocycles. The molecule has 0 radical (unpaired) electrons. The Morgan fingerprint density at radius 1 is 1.31 bits per heavy atom. The maximum absolute atomic E-state index is 11.9. The Balaban J connectivity index is 2.21. The van der Waals surface area contributed by atoms with Gasteiger partial charge >= 0.3 is 0 Å². The largest absolute Gasteiger partial charge is 0.307 e. The lowest BCUT2D eigenvalue weighted by molar-refractivity contribution is 0.102. The van der Waals surface area contributed by atoms with Crippen LogP contribution in [0.25, 0.3) is 0 Å². The average Bonchev–Trinajstić information content (AvgIpc) is 2.70. The van der Waals surface area contributed by atoms with Gasteiger partial charge in [0, 0.05) is 11.6 Å². The second-order valence-corrected chi connectivity index (χ2v) is 3.74. The number of aromatic amines is 1. The van der Waals surface area contributed by atoms with Gasteiger partial charge < -0.3 is 5.32 Å². The minimum absolute atomic E-state index is 0.123. The predicted molar refractivity (Wildman–Crippen MR) is 62.5 cm³/mol. The van der Waals surface area contributed by atoms with Gasteiger partial charge in [0.15, 0.2) is 0 Å². The summed E-state index contributed by atoms with van der Waals surface area (Å²) >= 11 is 0. The van der Waals surface area contributed by atoms with Crippen molar-refractivity contribution in [2.45, 2.75) is 13.8 Å². The van der Waals surface area contributed by atoms with E-state index in [1.54, 1.807) is 12.3 Å². The van der Waals surface area contributed by atoms with Crippen LogP contribution in [-0.4, -0.2) is 16.1 Å². The molecule has 1 amide bonds. The summed E-state index contributed by atoms with van der Waals surface area (Å²) in [5.41, 5.74) is 2.80. The molecule has 2 N–H and O–H groups in total. The first kappa shape index (κ1) is 10.4. The second kappa shape index (κ2) is 4.18. The monoisotopic (exact) mass is 215 g/mol. The summed E-state index contributed by atoms with van der Waals surface area (Å²) in [7, 11) is 0. The highest BCUT2D eigenvalue weighted by molar-refractivity contribution is 6.04. The summed E-state index contributed by atoms with van der Waals surface area (Å²) in [4.78, 5) is 11.9. The first-order valence-electron chi connectivity index (χ1n) is 5.05. The van der Waals surface area contributed by atoms with E-state index >= 15 is 0 Å². The lowest BCUT2D eigenvalue weighted by atomic mass is 10.1. The van der Waals surface area contributed by atoms with Crippen LogP contribution in [-0.2, 0) is 0 Å². The molecular weight excluding hydrogens is 202 g/mol. The van der Waals surface area contributed by atoms with Crippen molar-refractivity contribution in [1.82, 2.24) is 10.2 Å². The van der Waals surface area contributed by atoms with Gasteiger partial charge in [0.1, 0.15) is 5.82 Å². The Kier molecular flexibility index (Phi) is 2.72. The molecule has 0 bridgehead atoms. The van der Waals surface area contributed by atoms with E-state index in [0.717, 1.165) is 11.1 Å². The van der Waals surface area contributed by atoms with E-state index in [0.29, 0.717) is 11.4 Å². The van der Waals surface area contributed by atoms with E-state index in [9.17, 15) is 4.79 Å². The first-order chi connectivity index (χ1) is 7.66. The fourth-order valence-electron chi connectivity index (χ4n) is 1.58. The van der Waals surface area contributed by atoms with Gasteiger partial charge in [-0.1, -0.05) is 17.7 Å². The highest BCUT2D eigenvalue weighted by atomic mass is 16.1. The Labute approximate surface area is 93.7 Å². The van der Waals surface area contributed by atoms with Gasteiger partial charge in [-0.25, -0.2) is 0 Å². The zero-order valence-electron chi connectivity index (χ0n) is 9.24. The number of nitrogens with zero attached hydrogens (tertiary/aromatic N) is 1. The first-order valence-corrected chi connectivity index (χ1v) is 5.05. The van der Waals surface area contributed by atoms with Crippen molar-refractivity contribution in [3.05, 3.63) is 47.2 Å². The molecule has 0 atom stereocenters. The number of carbonyl (C=O) groups excluding carboxylic acids is 1. The standard InChI is InChI=1S/C12H13N3O/c1-8-3-4-10(9(2)7-8)12(16)14-11-5-6-13-15-11/h3-7H,1-2H3,(H2,13,14,15,16). The molecule has 4 heteroatoms. The molecule has 16 heavy (non-hydrogen) atoms. The summed E-state index contributed by atoms with van der Waals surface area (Å²) in [6.45, 7) is 3.93. The summed E-state index contributed by atoms with van der Waals surface area (Å²) in [6.07, 6.45) is 1.59. The van der Waals surface area contributed by atoms with Crippen molar-refractivity contribution in [3.63, 3.8) is 0 Å². The Morgan fingerprint density at radius 2 is 2.12 bits per heavy atom. The zero-order chi connectivity index (χ0) is 11.5. The fourth-order valence-corrected chi connectivity index (χ4v) is 1.58. The normalized spacial score (nSPS) is 10.1. The third kappa shape index (κ3) is 2.11. The third-order valence-electron chi connectivity index (χ3n) is 2.38. The number of aromatic nitrogens is 2. The Bertz CT molecular complexity index is 503. The number of hydrogen-bond donors (Lipinski definition) is 2. The van der Waals surface area contributed by atoms with E-state index in [1.807, 2.05) is 32.0 Å². The molecule has 0 unspecified atom stereocenters. The van der Waals surface area contributed by atoms with E-state index < -0.39 is 0 Å². The molecule has 0 aliphatic heterocycles. The van der Waals surface area contributed by atoms with Gasteiger partial charge in [0.2, 0.25) is 0 Å². The van der Waals surface area contributed by atoms with Crippen molar-refractivity contribution < 1.29 is 4.79 Å². The van der Waals surface area contributed by atoms with Gasteiger partial charge in [0.25, 0.3) is 5.91 Å². The van der Waals surface area contributed by atoms with Crippen LogP contribution in [0.15, 0.2) is 30.5 Å².